The molecule has 1 aliphatic heterocycles. The molecule has 2 bridgehead atoms. The van der Waals surface area contributed by atoms with Crippen LogP contribution in [0.2, 0.25) is 0 Å². The highest BCUT2D eigenvalue weighted by molar-refractivity contribution is 6.10. The molecule has 6 heteroatoms. The van der Waals surface area contributed by atoms with E-state index < -0.39 is 28.9 Å². The number of amides is 3. The maximum absolute atomic E-state index is 11.9. The van der Waals surface area contributed by atoms with Crippen LogP contribution in [0, 0.1) is 11.3 Å². The summed E-state index contributed by atoms with van der Waals surface area (Å²) in [6, 6.07) is -0.571. The van der Waals surface area contributed by atoms with Gasteiger partial charge in [-0.1, -0.05) is 0 Å². The monoisotopic (exact) mass is 224 g/mol. The number of carbonyl (C=O) groups excluding carboxylic acids is 2. The van der Waals surface area contributed by atoms with E-state index in [1.54, 1.807) is 0 Å². The van der Waals surface area contributed by atoms with E-state index in [0.29, 0.717) is 19.3 Å². The lowest BCUT2D eigenvalue weighted by molar-refractivity contribution is -0.156. The fourth-order valence-electron chi connectivity index (χ4n) is 3.69. The van der Waals surface area contributed by atoms with Crippen molar-refractivity contribution in [3.05, 3.63) is 0 Å². The van der Waals surface area contributed by atoms with E-state index in [-0.39, 0.29) is 5.92 Å². The average molecular weight is 224 g/mol. The number of carbonyl (C=O) groups is 3. The van der Waals surface area contributed by atoms with Gasteiger partial charge in [-0.05, 0) is 31.6 Å². The number of nitrogens with one attached hydrogen (secondary N) is 2. The van der Waals surface area contributed by atoms with Crippen molar-refractivity contribution in [2.24, 2.45) is 11.3 Å². The summed E-state index contributed by atoms with van der Waals surface area (Å²) >= 11 is 0. The number of carboxylic acids is 1. The molecule has 3 N–H and O–H groups in total. The zero-order chi connectivity index (χ0) is 11.6. The van der Waals surface area contributed by atoms with Crippen LogP contribution in [0.5, 0.6) is 0 Å². The van der Waals surface area contributed by atoms with Crippen molar-refractivity contribution in [2.45, 2.75) is 31.2 Å². The van der Waals surface area contributed by atoms with Gasteiger partial charge in [0, 0.05) is 0 Å². The summed E-state index contributed by atoms with van der Waals surface area (Å²) in [5.41, 5.74) is -2.28. The van der Waals surface area contributed by atoms with Gasteiger partial charge in [-0.25, -0.2) is 4.79 Å². The minimum absolute atomic E-state index is 0.236. The predicted molar refractivity (Wildman–Crippen MR) is 51.4 cm³/mol. The summed E-state index contributed by atoms with van der Waals surface area (Å²) < 4.78 is 0. The molecule has 0 aromatic carbocycles. The van der Waals surface area contributed by atoms with E-state index in [2.05, 4.69) is 10.6 Å². The van der Waals surface area contributed by atoms with Crippen LogP contribution in [0.3, 0.4) is 0 Å². The number of carboxylic acid groups (broad SMARTS) is 1. The SMILES string of the molecule is O=C1NC(=O)[C@]2(C[C@@H]3CC[C@@]2(C(=O)O)C3)N1. The molecule has 0 unspecified atom stereocenters. The van der Waals surface area contributed by atoms with Gasteiger partial charge >= 0.3 is 12.0 Å². The van der Waals surface area contributed by atoms with Gasteiger partial charge in [0.05, 0.1) is 0 Å². The van der Waals surface area contributed by atoms with Gasteiger partial charge < -0.3 is 10.4 Å². The number of urea groups is 1. The second kappa shape index (κ2) is 2.56. The van der Waals surface area contributed by atoms with Crippen molar-refractivity contribution in [3.8, 4) is 0 Å². The van der Waals surface area contributed by atoms with E-state index >= 15 is 0 Å². The second-order valence-electron chi connectivity index (χ2n) is 5.01. The molecule has 0 aromatic rings. The van der Waals surface area contributed by atoms with Crippen molar-refractivity contribution in [1.82, 2.24) is 10.6 Å². The lowest BCUT2D eigenvalue weighted by Crippen LogP contribution is -2.60. The van der Waals surface area contributed by atoms with E-state index in [9.17, 15) is 19.5 Å². The Bertz CT molecular complexity index is 421. The summed E-state index contributed by atoms with van der Waals surface area (Å²) in [5.74, 6) is -1.20. The highest BCUT2D eigenvalue weighted by Gasteiger charge is 2.72. The summed E-state index contributed by atoms with van der Waals surface area (Å²) in [5, 5.41) is 14.1. The molecule has 0 radical (unpaired) electrons. The molecule has 3 atom stereocenters. The number of fused-ring (bicyclic) bond motifs is 3. The highest BCUT2D eigenvalue weighted by Crippen LogP contribution is 2.60. The Morgan fingerprint density at radius 3 is 2.62 bits per heavy atom. The number of rotatable bonds is 1. The zero-order valence-electron chi connectivity index (χ0n) is 8.58. The van der Waals surface area contributed by atoms with Gasteiger partial charge in [-0.15, -0.1) is 0 Å². The maximum atomic E-state index is 11.9. The molecule has 2 aliphatic carbocycles. The molecule has 86 valence electrons. The Morgan fingerprint density at radius 1 is 1.38 bits per heavy atom. The van der Waals surface area contributed by atoms with Gasteiger partial charge in [0.2, 0.25) is 0 Å². The molecule has 3 fully saturated rings. The van der Waals surface area contributed by atoms with E-state index in [1.165, 1.54) is 0 Å². The van der Waals surface area contributed by atoms with Crippen LogP contribution in [0.4, 0.5) is 4.79 Å². The summed E-state index contributed by atoms with van der Waals surface area (Å²) in [6.45, 7) is 0. The molecule has 3 rings (SSSR count). The molecule has 2 saturated carbocycles. The maximum Gasteiger partial charge on any atom is 0.322 e. The van der Waals surface area contributed by atoms with E-state index in [0.717, 1.165) is 6.42 Å². The standard InChI is InChI=1S/C10H12N2O4/c13-6-10(12-8(16)11-6)4-5-1-2-9(10,3-5)7(14)15/h5H,1-4H2,(H,14,15)(H2,11,12,13,16)/t5-,9+,10+/m1/s1. The van der Waals surface area contributed by atoms with Gasteiger partial charge in [0.15, 0.2) is 0 Å². The van der Waals surface area contributed by atoms with E-state index in [4.69, 9.17) is 0 Å². The molecule has 3 amide bonds. The van der Waals surface area contributed by atoms with Crippen LogP contribution < -0.4 is 10.6 Å². The van der Waals surface area contributed by atoms with Crippen LogP contribution in [-0.4, -0.2) is 28.6 Å². The fraction of sp³-hybridized carbons (Fsp3) is 0.700. The third-order valence-corrected chi connectivity index (χ3v) is 4.38. The highest BCUT2D eigenvalue weighted by atomic mass is 16.4. The Morgan fingerprint density at radius 2 is 2.12 bits per heavy atom. The van der Waals surface area contributed by atoms with Crippen LogP contribution in [-0.2, 0) is 9.59 Å². The Balaban J connectivity index is 2.12. The number of hydrogen-bond acceptors (Lipinski definition) is 3. The van der Waals surface area contributed by atoms with Crippen molar-refractivity contribution in [3.63, 3.8) is 0 Å². The first kappa shape index (κ1) is 9.62. The van der Waals surface area contributed by atoms with Gasteiger partial charge in [-0.2, -0.15) is 0 Å². The Labute approximate surface area is 91.4 Å². The number of aliphatic carboxylic acids is 1. The molecular formula is C10H12N2O4. The summed E-state index contributed by atoms with van der Waals surface area (Å²) in [4.78, 5) is 34.5. The molecule has 6 nitrogen and oxygen atoms in total. The fourth-order valence-corrected chi connectivity index (χ4v) is 3.69. The summed E-state index contributed by atoms with van der Waals surface area (Å²) in [6.07, 6.45) is 2.25. The number of imide groups is 1. The first-order chi connectivity index (χ1) is 7.50. The first-order valence-corrected chi connectivity index (χ1v) is 5.37. The molecule has 16 heavy (non-hydrogen) atoms. The van der Waals surface area contributed by atoms with Crippen molar-refractivity contribution in [1.29, 1.82) is 0 Å². The number of hydrogen-bond donors (Lipinski definition) is 3. The minimum Gasteiger partial charge on any atom is -0.481 e. The third-order valence-electron chi connectivity index (χ3n) is 4.38. The quantitative estimate of drug-likeness (QED) is 0.539. The average Bonchev–Trinajstić information content (AvgIpc) is 2.80. The summed E-state index contributed by atoms with van der Waals surface area (Å²) in [7, 11) is 0. The molecule has 1 heterocycles. The molecule has 3 aliphatic rings. The van der Waals surface area contributed by atoms with Gasteiger partial charge in [0.25, 0.3) is 5.91 Å². The minimum atomic E-state index is -1.20. The van der Waals surface area contributed by atoms with Gasteiger partial charge in [-0.3, -0.25) is 14.9 Å². The van der Waals surface area contributed by atoms with Crippen LogP contribution >= 0.6 is 0 Å². The normalized spacial score (nSPS) is 44.9. The van der Waals surface area contributed by atoms with Crippen LogP contribution in [0.15, 0.2) is 0 Å². The molecule has 0 aromatic heterocycles. The smallest absolute Gasteiger partial charge is 0.322 e. The Hall–Kier alpha value is -1.59. The van der Waals surface area contributed by atoms with E-state index in [1.807, 2.05) is 0 Å². The lowest BCUT2D eigenvalue weighted by Gasteiger charge is -2.38. The first-order valence-electron chi connectivity index (χ1n) is 5.37. The topological polar surface area (TPSA) is 95.5 Å². The van der Waals surface area contributed by atoms with Crippen molar-refractivity contribution < 1.29 is 19.5 Å². The van der Waals surface area contributed by atoms with Crippen LogP contribution in [0.25, 0.3) is 0 Å². The third kappa shape index (κ3) is 0.819. The predicted octanol–water partition coefficient (Wildman–Crippen LogP) is -0.161. The zero-order valence-corrected chi connectivity index (χ0v) is 8.58. The van der Waals surface area contributed by atoms with Gasteiger partial charge in [0.1, 0.15) is 11.0 Å². The molecular weight excluding hydrogens is 212 g/mol. The lowest BCUT2D eigenvalue weighted by atomic mass is 9.68. The van der Waals surface area contributed by atoms with Crippen molar-refractivity contribution in [2.75, 3.05) is 0 Å². The van der Waals surface area contributed by atoms with Crippen LogP contribution in [0.1, 0.15) is 25.7 Å². The largest absolute Gasteiger partial charge is 0.481 e. The molecule has 1 spiro atoms. The molecule has 1 saturated heterocycles. The second-order valence-corrected chi connectivity index (χ2v) is 5.01. The Kier molecular flexibility index (Phi) is 1.54. The van der Waals surface area contributed by atoms with Crippen molar-refractivity contribution >= 4 is 17.9 Å².